The van der Waals surface area contributed by atoms with E-state index < -0.39 is 0 Å². The van der Waals surface area contributed by atoms with E-state index >= 15 is 0 Å². The minimum Gasteiger partial charge on any atom is -0.497 e. The zero-order valence-electron chi connectivity index (χ0n) is 16.1. The largest absolute Gasteiger partial charge is 0.497 e. The Balaban J connectivity index is 1.86. The molecular weight excluding hydrogens is 360 g/mol. The first-order valence-corrected chi connectivity index (χ1v) is 8.47. The van der Waals surface area contributed by atoms with E-state index in [-0.39, 0.29) is 0 Å². The van der Waals surface area contributed by atoms with Crippen LogP contribution >= 0.6 is 0 Å². The Hall–Kier alpha value is -3.68. The van der Waals surface area contributed by atoms with Gasteiger partial charge in [0.1, 0.15) is 41.0 Å². The summed E-state index contributed by atoms with van der Waals surface area (Å²) in [7, 11) is 6.43. The topological polar surface area (TPSA) is 86.8 Å². The minimum absolute atomic E-state index is 0.589. The van der Waals surface area contributed by atoms with Crippen molar-refractivity contribution in [3.05, 3.63) is 48.8 Å². The summed E-state index contributed by atoms with van der Waals surface area (Å²) < 4.78 is 21.3. The third-order valence-electron chi connectivity index (χ3n) is 4.01. The molecule has 0 unspecified atom stereocenters. The first-order chi connectivity index (χ1) is 13.7. The van der Waals surface area contributed by atoms with Gasteiger partial charge in [0.2, 0.25) is 0 Å². The van der Waals surface area contributed by atoms with Crippen molar-refractivity contribution in [3.8, 4) is 23.0 Å². The summed E-state index contributed by atoms with van der Waals surface area (Å²) in [6, 6.07) is 12.7. The third kappa shape index (κ3) is 4.35. The number of benzene rings is 2. The van der Waals surface area contributed by atoms with Crippen molar-refractivity contribution in [2.24, 2.45) is 0 Å². The Morgan fingerprint density at radius 2 is 1.07 bits per heavy atom. The first-order valence-electron chi connectivity index (χ1n) is 8.47. The van der Waals surface area contributed by atoms with E-state index in [2.05, 4.69) is 20.6 Å². The van der Waals surface area contributed by atoms with Crippen LogP contribution in [0.3, 0.4) is 0 Å². The van der Waals surface area contributed by atoms with E-state index in [4.69, 9.17) is 18.9 Å². The van der Waals surface area contributed by atoms with Gasteiger partial charge in [0.15, 0.2) is 0 Å². The van der Waals surface area contributed by atoms with E-state index in [1.807, 2.05) is 36.4 Å². The highest BCUT2D eigenvalue weighted by atomic mass is 16.5. The van der Waals surface area contributed by atoms with E-state index in [1.54, 1.807) is 34.5 Å². The number of hydrogen-bond donors (Lipinski definition) is 2. The highest BCUT2D eigenvalue weighted by Crippen LogP contribution is 2.33. The molecule has 0 saturated heterocycles. The maximum Gasteiger partial charge on any atom is 0.142 e. The van der Waals surface area contributed by atoms with Gasteiger partial charge in [-0.05, 0) is 24.3 Å². The molecule has 0 aliphatic carbocycles. The van der Waals surface area contributed by atoms with Crippen molar-refractivity contribution in [1.82, 2.24) is 9.97 Å². The average Bonchev–Trinajstić information content (AvgIpc) is 2.73. The normalized spacial score (nSPS) is 10.1. The van der Waals surface area contributed by atoms with E-state index in [1.165, 1.54) is 6.33 Å². The maximum atomic E-state index is 5.39. The molecule has 0 aliphatic rings. The molecule has 0 atom stereocenters. The Bertz CT molecular complexity index is 876. The van der Waals surface area contributed by atoms with E-state index in [0.717, 1.165) is 11.4 Å². The van der Waals surface area contributed by atoms with Gasteiger partial charge < -0.3 is 29.6 Å². The van der Waals surface area contributed by atoms with E-state index in [9.17, 15) is 0 Å². The SMILES string of the molecule is COc1ccc(OC)c(Nc2cc(Nc3cc(OC)ccc3OC)ncn2)c1. The molecule has 28 heavy (non-hydrogen) atoms. The molecule has 2 aromatic carbocycles. The Morgan fingerprint density at radius 1 is 0.607 bits per heavy atom. The smallest absolute Gasteiger partial charge is 0.142 e. The van der Waals surface area contributed by atoms with Gasteiger partial charge in [-0.25, -0.2) is 9.97 Å². The lowest BCUT2D eigenvalue weighted by molar-refractivity contribution is 0.405. The van der Waals surface area contributed by atoms with Crippen molar-refractivity contribution in [3.63, 3.8) is 0 Å². The summed E-state index contributed by atoms with van der Waals surface area (Å²) in [6.07, 6.45) is 1.46. The summed E-state index contributed by atoms with van der Waals surface area (Å²) >= 11 is 0. The van der Waals surface area contributed by atoms with Crippen LogP contribution in [0.2, 0.25) is 0 Å². The number of nitrogens with zero attached hydrogens (tertiary/aromatic N) is 2. The highest BCUT2D eigenvalue weighted by Gasteiger charge is 2.09. The van der Waals surface area contributed by atoms with Gasteiger partial charge in [-0.3, -0.25) is 0 Å². The monoisotopic (exact) mass is 382 g/mol. The molecule has 2 N–H and O–H groups in total. The zero-order valence-corrected chi connectivity index (χ0v) is 16.1. The number of aromatic nitrogens is 2. The summed E-state index contributed by atoms with van der Waals surface area (Å²) in [6.45, 7) is 0. The molecule has 3 rings (SSSR count). The van der Waals surface area contributed by atoms with Crippen LogP contribution in [0.4, 0.5) is 23.0 Å². The minimum atomic E-state index is 0.589. The molecule has 8 nitrogen and oxygen atoms in total. The number of rotatable bonds is 8. The van der Waals surface area contributed by atoms with Crippen LogP contribution in [0.25, 0.3) is 0 Å². The van der Waals surface area contributed by atoms with Crippen molar-refractivity contribution in [2.45, 2.75) is 0 Å². The zero-order chi connectivity index (χ0) is 19.9. The molecule has 3 aromatic rings. The summed E-state index contributed by atoms with van der Waals surface area (Å²) in [5.74, 6) is 3.93. The molecule has 0 bridgehead atoms. The van der Waals surface area contributed by atoms with Crippen LogP contribution in [0.1, 0.15) is 0 Å². The van der Waals surface area contributed by atoms with Gasteiger partial charge in [-0.1, -0.05) is 0 Å². The lowest BCUT2D eigenvalue weighted by Crippen LogP contribution is -2.01. The van der Waals surface area contributed by atoms with Crippen LogP contribution < -0.4 is 29.6 Å². The lowest BCUT2D eigenvalue weighted by atomic mass is 10.2. The van der Waals surface area contributed by atoms with Gasteiger partial charge in [0.05, 0.1) is 39.8 Å². The summed E-state index contributed by atoms with van der Waals surface area (Å²) in [4.78, 5) is 8.54. The van der Waals surface area contributed by atoms with Crippen LogP contribution in [-0.2, 0) is 0 Å². The Kier molecular flexibility index (Phi) is 6.01. The molecular formula is C20H22N4O4. The maximum absolute atomic E-state index is 5.39. The second-order valence-electron chi connectivity index (χ2n) is 5.67. The fourth-order valence-corrected chi connectivity index (χ4v) is 2.59. The fraction of sp³-hybridized carbons (Fsp3) is 0.200. The molecule has 0 fully saturated rings. The van der Waals surface area contributed by atoms with Crippen LogP contribution in [0.15, 0.2) is 48.8 Å². The molecule has 0 radical (unpaired) electrons. The molecule has 1 heterocycles. The quantitative estimate of drug-likeness (QED) is 0.605. The Labute approximate surface area is 163 Å². The second kappa shape index (κ2) is 8.81. The van der Waals surface area contributed by atoms with Gasteiger partial charge in [0, 0.05) is 18.2 Å². The number of anilines is 4. The van der Waals surface area contributed by atoms with Crippen molar-refractivity contribution in [1.29, 1.82) is 0 Å². The highest BCUT2D eigenvalue weighted by molar-refractivity contribution is 5.70. The number of methoxy groups -OCH3 is 4. The van der Waals surface area contributed by atoms with Gasteiger partial charge in [-0.2, -0.15) is 0 Å². The lowest BCUT2D eigenvalue weighted by Gasteiger charge is -2.14. The predicted molar refractivity (Wildman–Crippen MR) is 108 cm³/mol. The van der Waals surface area contributed by atoms with Crippen LogP contribution in [-0.4, -0.2) is 38.4 Å². The van der Waals surface area contributed by atoms with Crippen molar-refractivity contribution >= 4 is 23.0 Å². The summed E-state index contributed by atoms with van der Waals surface area (Å²) in [5, 5.41) is 6.45. The predicted octanol–water partition coefficient (Wildman–Crippen LogP) is 4.00. The second-order valence-corrected chi connectivity index (χ2v) is 5.67. The average molecular weight is 382 g/mol. The molecule has 146 valence electrons. The first kappa shape index (κ1) is 19.1. The van der Waals surface area contributed by atoms with Gasteiger partial charge in [-0.15, -0.1) is 0 Å². The van der Waals surface area contributed by atoms with E-state index in [0.29, 0.717) is 34.6 Å². The molecule has 0 amide bonds. The van der Waals surface area contributed by atoms with Crippen LogP contribution in [0, 0.1) is 0 Å². The third-order valence-corrected chi connectivity index (χ3v) is 4.01. The Morgan fingerprint density at radius 3 is 1.46 bits per heavy atom. The molecule has 0 saturated carbocycles. The van der Waals surface area contributed by atoms with Gasteiger partial charge >= 0.3 is 0 Å². The standard InChI is InChI=1S/C20H22N4O4/c1-25-13-5-7-17(27-3)15(9-13)23-19-11-20(22-12-21-19)24-16-10-14(26-2)6-8-18(16)28-4/h5-12H,1-4H3,(H2,21,22,23,24). The van der Waals surface area contributed by atoms with Gasteiger partial charge in [0.25, 0.3) is 0 Å². The molecule has 0 spiro atoms. The van der Waals surface area contributed by atoms with Crippen LogP contribution in [0.5, 0.6) is 23.0 Å². The molecule has 0 aliphatic heterocycles. The van der Waals surface area contributed by atoms with Crippen molar-refractivity contribution < 1.29 is 18.9 Å². The van der Waals surface area contributed by atoms with Crippen molar-refractivity contribution in [2.75, 3.05) is 39.1 Å². The fourth-order valence-electron chi connectivity index (χ4n) is 2.59. The number of hydrogen-bond acceptors (Lipinski definition) is 8. The molecule has 8 heteroatoms. The number of ether oxygens (including phenoxy) is 4. The summed E-state index contributed by atoms with van der Waals surface area (Å²) in [5.41, 5.74) is 1.45. The molecule has 1 aromatic heterocycles. The number of nitrogens with one attached hydrogen (secondary N) is 2.